The lowest BCUT2D eigenvalue weighted by Crippen LogP contribution is -2.42. The number of carbonyl (C=O) groups excluding carboxylic acids is 2. The normalized spacial score (nSPS) is 14.3. The van der Waals surface area contributed by atoms with E-state index in [9.17, 15) is 9.59 Å². The number of benzene rings is 2. The number of morpholine rings is 1. The minimum absolute atomic E-state index is 0.137. The van der Waals surface area contributed by atoms with E-state index < -0.39 is 0 Å². The summed E-state index contributed by atoms with van der Waals surface area (Å²) in [6.45, 7) is 4.61. The third kappa shape index (κ3) is 5.55. The zero-order valence-electron chi connectivity index (χ0n) is 16.1. The van der Waals surface area contributed by atoms with Crippen LogP contribution in [0.2, 0.25) is 0 Å². The lowest BCUT2D eigenvalue weighted by Gasteiger charge is -2.26. The second-order valence-corrected chi connectivity index (χ2v) is 6.62. The Bertz CT molecular complexity index is 791. The van der Waals surface area contributed by atoms with Gasteiger partial charge in [0.1, 0.15) is 0 Å². The van der Waals surface area contributed by atoms with Crippen LogP contribution in [0.3, 0.4) is 0 Å². The average Bonchev–Trinajstić information content (AvgIpc) is 2.74. The van der Waals surface area contributed by atoms with Crippen LogP contribution in [0.1, 0.15) is 10.4 Å². The Morgan fingerprint density at radius 2 is 1.82 bits per heavy atom. The molecule has 2 aromatic rings. The van der Waals surface area contributed by atoms with Gasteiger partial charge < -0.3 is 20.3 Å². The molecule has 7 heteroatoms. The average molecular weight is 382 g/mol. The molecule has 148 valence electrons. The molecule has 1 aliphatic rings. The second kappa shape index (κ2) is 9.87. The van der Waals surface area contributed by atoms with Gasteiger partial charge >= 0.3 is 6.03 Å². The van der Waals surface area contributed by atoms with Gasteiger partial charge in [0.05, 0.1) is 13.2 Å². The van der Waals surface area contributed by atoms with E-state index in [0.29, 0.717) is 17.8 Å². The topological polar surface area (TPSA) is 73.9 Å². The van der Waals surface area contributed by atoms with Crippen molar-refractivity contribution in [3.05, 3.63) is 60.2 Å². The first-order valence-corrected chi connectivity index (χ1v) is 9.41. The minimum atomic E-state index is -0.283. The highest BCUT2D eigenvalue weighted by Crippen LogP contribution is 2.17. The quantitative estimate of drug-likeness (QED) is 0.805. The van der Waals surface area contributed by atoms with Gasteiger partial charge in [0.15, 0.2) is 0 Å². The molecular formula is C21H26N4O3. The van der Waals surface area contributed by atoms with Crippen LogP contribution in [0.4, 0.5) is 16.2 Å². The van der Waals surface area contributed by atoms with Crippen molar-refractivity contribution in [3.63, 3.8) is 0 Å². The highest BCUT2D eigenvalue weighted by atomic mass is 16.5. The van der Waals surface area contributed by atoms with Crippen molar-refractivity contribution in [2.45, 2.75) is 0 Å². The van der Waals surface area contributed by atoms with Crippen molar-refractivity contribution < 1.29 is 14.3 Å². The molecule has 28 heavy (non-hydrogen) atoms. The lowest BCUT2D eigenvalue weighted by atomic mass is 10.1. The number of amides is 3. The smallest absolute Gasteiger partial charge is 0.319 e. The van der Waals surface area contributed by atoms with Gasteiger partial charge in [0.2, 0.25) is 0 Å². The first-order valence-electron chi connectivity index (χ1n) is 9.41. The molecule has 1 heterocycles. The van der Waals surface area contributed by atoms with Gasteiger partial charge in [-0.3, -0.25) is 9.69 Å². The van der Waals surface area contributed by atoms with E-state index in [2.05, 4.69) is 15.5 Å². The zero-order valence-corrected chi connectivity index (χ0v) is 16.1. The highest BCUT2D eigenvalue weighted by molar-refractivity contribution is 6.06. The molecule has 0 radical (unpaired) electrons. The number of hydrogen-bond donors (Lipinski definition) is 2. The van der Waals surface area contributed by atoms with E-state index in [-0.39, 0.29) is 11.9 Å². The summed E-state index contributed by atoms with van der Waals surface area (Å²) in [6, 6.07) is 16.1. The lowest BCUT2D eigenvalue weighted by molar-refractivity contribution is 0.0388. The first kappa shape index (κ1) is 19.9. The summed E-state index contributed by atoms with van der Waals surface area (Å²) in [5.41, 5.74) is 1.90. The van der Waals surface area contributed by atoms with Crippen LogP contribution in [0.25, 0.3) is 0 Å². The predicted molar refractivity (Wildman–Crippen MR) is 110 cm³/mol. The molecule has 3 amide bonds. The van der Waals surface area contributed by atoms with Crippen LogP contribution in [0.5, 0.6) is 0 Å². The molecule has 0 saturated carbocycles. The fourth-order valence-electron chi connectivity index (χ4n) is 3.02. The third-order valence-corrected chi connectivity index (χ3v) is 4.63. The zero-order chi connectivity index (χ0) is 19.8. The fourth-order valence-corrected chi connectivity index (χ4v) is 3.02. The first-order chi connectivity index (χ1) is 13.6. The Morgan fingerprint density at radius 3 is 2.57 bits per heavy atom. The van der Waals surface area contributed by atoms with Crippen molar-refractivity contribution in [2.24, 2.45) is 0 Å². The van der Waals surface area contributed by atoms with Crippen molar-refractivity contribution in [2.75, 3.05) is 56.7 Å². The number of rotatable bonds is 6. The molecular weight excluding hydrogens is 356 g/mol. The van der Waals surface area contributed by atoms with E-state index in [1.165, 1.54) is 0 Å². The number of para-hydroxylation sites is 1. The number of nitrogens with one attached hydrogen (secondary N) is 2. The molecule has 1 saturated heterocycles. The van der Waals surface area contributed by atoms with Gasteiger partial charge in [-0.1, -0.05) is 24.3 Å². The van der Waals surface area contributed by atoms with Gasteiger partial charge in [-0.05, 0) is 30.3 Å². The minimum Gasteiger partial charge on any atom is -0.379 e. The van der Waals surface area contributed by atoms with Crippen molar-refractivity contribution in [1.29, 1.82) is 0 Å². The molecule has 0 aliphatic carbocycles. The van der Waals surface area contributed by atoms with Gasteiger partial charge in [-0.2, -0.15) is 0 Å². The fraction of sp³-hybridized carbons (Fsp3) is 0.333. The Kier molecular flexibility index (Phi) is 7.00. The predicted octanol–water partition coefficient (Wildman–Crippen LogP) is 2.42. The van der Waals surface area contributed by atoms with E-state index >= 15 is 0 Å². The number of urea groups is 1. The van der Waals surface area contributed by atoms with Crippen LogP contribution in [0.15, 0.2) is 54.6 Å². The molecule has 1 aliphatic heterocycles. The van der Waals surface area contributed by atoms with Crippen molar-refractivity contribution in [3.8, 4) is 0 Å². The van der Waals surface area contributed by atoms with Crippen molar-refractivity contribution >= 4 is 23.3 Å². The summed E-state index contributed by atoms with van der Waals surface area (Å²) < 4.78 is 5.31. The summed E-state index contributed by atoms with van der Waals surface area (Å²) in [5, 5.41) is 5.64. The Morgan fingerprint density at radius 1 is 1.07 bits per heavy atom. The summed E-state index contributed by atoms with van der Waals surface area (Å²) in [4.78, 5) is 28.7. The number of ether oxygens (including phenoxy) is 1. The number of nitrogens with zero attached hydrogens (tertiary/aromatic N) is 2. The van der Waals surface area contributed by atoms with E-state index in [0.717, 1.165) is 38.5 Å². The third-order valence-electron chi connectivity index (χ3n) is 4.63. The number of carbonyl (C=O) groups is 2. The standard InChI is InChI=1S/C21H26N4O3/c1-24(19-8-3-2-4-9-19)20(26)17-6-5-7-18(16-17)23-21(27)22-10-11-25-12-14-28-15-13-25/h2-9,16H,10-15H2,1H3,(H2,22,23,27). The van der Waals surface area contributed by atoms with Gasteiger partial charge in [-0.15, -0.1) is 0 Å². The number of anilines is 2. The molecule has 0 bridgehead atoms. The SMILES string of the molecule is CN(C(=O)c1cccc(NC(=O)NCCN2CCOCC2)c1)c1ccccc1. The van der Waals surface area contributed by atoms with Crippen LogP contribution >= 0.6 is 0 Å². The molecule has 7 nitrogen and oxygen atoms in total. The maximum absolute atomic E-state index is 12.7. The van der Waals surface area contributed by atoms with Crippen molar-refractivity contribution in [1.82, 2.24) is 10.2 Å². The van der Waals surface area contributed by atoms with Gasteiger partial charge in [-0.25, -0.2) is 4.79 Å². The monoisotopic (exact) mass is 382 g/mol. The molecule has 0 atom stereocenters. The Balaban J connectivity index is 1.52. The van der Waals surface area contributed by atoms with Crippen LogP contribution in [-0.2, 0) is 4.74 Å². The van der Waals surface area contributed by atoms with Crippen LogP contribution in [-0.4, -0.2) is 63.3 Å². The Hall–Kier alpha value is -2.90. The summed E-state index contributed by atoms with van der Waals surface area (Å²) in [7, 11) is 1.73. The Labute approximate surface area is 165 Å². The molecule has 2 N–H and O–H groups in total. The van der Waals surface area contributed by atoms with E-state index in [4.69, 9.17) is 4.74 Å². The molecule has 3 rings (SSSR count). The molecule has 0 spiro atoms. The molecule has 2 aromatic carbocycles. The summed E-state index contributed by atoms with van der Waals surface area (Å²) >= 11 is 0. The summed E-state index contributed by atoms with van der Waals surface area (Å²) in [5.74, 6) is -0.137. The highest BCUT2D eigenvalue weighted by Gasteiger charge is 2.14. The van der Waals surface area contributed by atoms with Gasteiger partial charge in [0.25, 0.3) is 5.91 Å². The maximum atomic E-state index is 12.7. The molecule has 0 aromatic heterocycles. The van der Waals surface area contributed by atoms with Crippen LogP contribution < -0.4 is 15.5 Å². The number of hydrogen-bond acceptors (Lipinski definition) is 4. The maximum Gasteiger partial charge on any atom is 0.319 e. The van der Waals surface area contributed by atoms with Crippen LogP contribution in [0, 0.1) is 0 Å². The second-order valence-electron chi connectivity index (χ2n) is 6.62. The molecule has 1 fully saturated rings. The summed E-state index contributed by atoms with van der Waals surface area (Å²) in [6.07, 6.45) is 0. The van der Waals surface area contributed by atoms with E-state index in [1.807, 2.05) is 30.3 Å². The largest absolute Gasteiger partial charge is 0.379 e. The van der Waals surface area contributed by atoms with Gasteiger partial charge in [0, 0.05) is 50.2 Å². The molecule has 0 unspecified atom stereocenters. The van der Waals surface area contributed by atoms with E-state index in [1.54, 1.807) is 36.2 Å².